The Kier molecular flexibility index (Phi) is 10.2. The van der Waals surface area contributed by atoms with Gasteiger partial charge in [0.1, 0.15) is 12.3 Å². The quantitative estimate of drug-likeness (QED) is 0.307. The molecule has 0 bridgehead atoms. The second kappa shape index (κ2) is 12.3. The number of piperidine rings is 1. The molecule has 1 aliphatic heterocycles. The summed E-state index contributed by atoms with van der Waals surface area (Å²) in [5, 5.41) is 6.96. The maximum absolute atomic E-state index is 12.0. The molecule has 30 heavy (non-hydrogen) atoms. The van der Waals surface area contributed by atoms with Crippen LogP contribution in [0.1, 0.15) is 31.2 Å². The molecule has 7 nitrogen and oxygen atoms in total. The highest BCUT2D eigenvalue weighted by molar-refractivity contribution is 14.0. The van der Waals surface area contributed by atoms with Crippen molar-refractivity contribution in [1.82, 2.24) is 20.4 Å². The van der Waals surface area contributed by atoms with E-state index in [-0.39, 0.29) is 36.4 Å². The predicted octanol–water partition coefficient (Wildman–Crippen LogP) is 2.11. The van der Waals surface area contributed by atoms with Crippen LogP contribution in [0.15, 0.2) is 29.3 Å². The van der Waals surface area contributed by atoms with Crippen LogP contribution in [0.4, 0.5) is 0 Å². The van der Waals surface area contributed by atoms with Gasteiger partial charge in [0.2, 0.25) is 5.91 Å². The summed E-state index contributed by atoms with van der Waals surface area (Å²) in [6, 6.07) is 9.36. The molecular weight excluding hydrogens is 493 g/mol. The molecule has 0 radical (unpaired) electrons. The molecule has 1 saturated heterocycles. The van der Waals surface area contributed by atoms with E-state index in [9.17, 15) is 4.79 Å². The molecule has 0 spiro atoms. The summed E-state index contributed by atoms with van der Waals surface area (Å²) in [7, 11) is 5.19. The zero-order valence-electron chi connectivity index (χ0n) is 18.4. The van der Waals surface area contributed by atoms with Crippen molar-refractivity contribution in [2.45, 2.75) is 44.2 Å². The molecule has 1 saturated carbocycles. The third kappa shape index (κ3) is 7.94. The Balaban J connectivity index is 0.00000320. The largest absolute Gasteiger partial charge is 0.497 e. The summed E-state index contributed by atoms with van der Waals surface area (Å²) >= 11 is 0. The molecule has 2 fully saturated rings. The molecule has 1 aliphatic carbocycles. The topological polar surface area (TPSA) is 69.2 Å². The Labute approximate surface area is 197 Å². The van der Waals surface area contributed by atoms with Gasteiger partial charge in [-0.3, -0.25) is 4.79 Å². The van der Waals surface area contributed by atoms with Gasteiger partial charge in [-0.05, 0) is 49.8 Å². The maximum atomic E-state index is 12.0. The number of halogens is 1. The SMILES string of the molecule is COc1ccc(CCNC(=NCC(=O)N(C)C)NC2CCN(C3CC3)CC2)cc1.I. The number of aliphatic imine (C=N–C) groups is 1. The number of hydrogen-bond donors (Lipinski definition) is 2. The summed E-state index contributed by atoms with van der Waals surface area (Å²) in [4.78, 5) is 20.7. The average molecular weight is 529 g/mol. The molecule has 2 aliphatic rings. The molecule has 0 aromatic heterocycles. The van der Waals surface area contributed by atoms with Gasteiger partial charge in [0.25, 0.3) is 0 Å². The van der Waals surface area contributed by atoms with Crippen molar-refractivity contribution < 1.29 is 9.53 Å². The molecule has 1 heterocycles. The van der Waals surface area contributed by atoms with Gasteiger partial charge in [-0.1, -0.05) is 12.1 Å². The van der Waals surface area contributed by atoms with Crippen LogP contribution in [0.25, 0.3) is 0 Å². The normalized spacial score (nSPS) is 17.8. The Bertz CT molecular complexity index is 683. The van der Waals surface area contributed by atoms with Crippen molar-refractivity contribution in [3.05, 3.63) is 29.8 Å². The zero-order valence-corrected chi connectivity index (χ0v) is 20.7. The third-order valence-corrected chi connectivity index (χ3v) is 5.67. The van der Waals surface area contributed by atoms with Gasteiger partial charge >= 0.3 is 0 Å². The van der Waals surface area contributed by atoms with Gasteiger partial charge in [0.05, 0.1) is 7.11 Å². The molecule has 1 aromatic rings. The summed E-state index contributed by atoms with van der Waals surface area (Å²) < 4.78 is 5.21. The van der Waals surface area contributed by atoms with Gasteiger partial charge < -0.3 is 25.2 Å². The first-order chi connectivity index (χ1) is 14.0. The second-order valence-corrected chi connectivity index (χ2v) is 8.16. The Morgan fingerprint density at radius 1 is 1.17 bits per heavy atom. The number of nitrogens with zero attached hydrogens (tertiary/aromatic N) is 3. The van der Waals surface area contributed by atoms with E-state index in [0.717, 1.165) is 56.6 Å². The van der Waals surface area contributed by atoms with Crippen molar-refractivity contribution in [3.63, 3.8) is 0 Å². The van der Waals surface area contributed by atoms with Crippen LogP contribution in [0.3, 0.4) is 0 Å². The van der Waals surface area contributed by atoms with E-state index < -0.39 is 0 Å². The molecular formula is C22H36IN5O2. The Hall–Kier alpha value is -1.55. The van der Waals surface area contributed by atoms with E-state index in [4.69, 9.17) is 4.74 Å². The smallest absolute Gasteiger partial charge is 0.243 e. The number of carbonyl (C=O) groups excluding carboxylic acids is 1. The van der Waals surface area contributed by atoms with E-state index in [1.807, 2.05) is 12.1 Å². The van der Waals surface area contributed by atoms with Gasteiger partial charge in [0.15, 0.2) is 5.96 Å². The van der Waals surface area contributed by atoms with Crippen LogP contribution in [0, 0.1) is 0 Å². The first kappa shape index (κ1) is 24.7. The number of ether oxygens (including phenoxy) is 1. The lowest BCUT2D eigenvalue weighted by Crippen LogP contribution is -2.49. The third-order valence-electron chi connectivity index (χ3n) is 5.67. The Morgan fingerprint density at radius 2 is 1.83 bits per heavy atom. The molecule has 1 amide bonds. The van der Waals surface area contributed by atoms with Crippen molar-refractivity contribution in [1.29, 1.82) is 0 Å². The fraction of sp³-hybridized carbons (Fsp3) is 0.636. The average Bonchev–Trinajstić information content (AvgIpc) is 3.58. The number of rotatable bonds is 8. The molecule has 3 rings (SSSR count). The predicted molar refractivity (Wildman–Crippen MR) is 132 cm³/mol. The molecule has 1 aromatic carbocycles. The highest BCUT2D eigenvalue weighted by atomic mass is 127. The number of carbonyl (C=O) groups is 1. The maximum Gasteiger partial charge on any atom is 0.243 e. The molecule has 2 N–H and O–H groups in total. The summed E-state index contributed by atoms with van der Waals surface area (Å²) in [5.74, 6) is 1.61. The first-order valence-electron chi connectivity index (χ1n) is 10.7. The summed E-state index contributed by atoms with van der Waals surface area (Å²) in [6.45, 7) is 3.22. The van der Waals surface area contributed by atoms with E-state index in [1.54, 1.807) is 26.1 Å². The second-order valence-electron chi connectivity index (χ2n) is 8.16. The molecule has 0 atom stereocenters. The number of methoxy groups -OCH3 is 1. The highest BCUT2D eigenvalue weighted by Gasteiger charge is 2.31. The number of likely N-dealkylation sites (tertiary alicyclic amines) is 1. The fourth-order valence-corrected chi connectivity index (χ4v) is 3.60. The van der Waals surface area contributed by atoms with E-state index in [0.29, 0.717) is 6.04 Å². The highest BCUT2D eigenvalue weighted by Crippen LogP contribution is 2.29. The van der Waals surface area contributed by atoms with Crippen LogP contribution >= 0.6 is 24.0 Å². The van der Waals surface area contributed by atoms with Gasteiger partial charge in [-0.2, -0.15) is 0 Å². The van der Waals surface area contributed by atoms with Crippen LogP contribution in [-0.4, -0.2) is 81.1 Å². The minimum atomic E-state index is 0. The van der Waals surface area contributed by atoms with Gasteiger partial charge in [0, 0.05) is 45.8 Å². The standard InChI is InChI=1S/C22H35N5O2.HI/c1-26(2)21(28)16-24-22(23-13-10-17-4-8-20(29-3)9-5-17)25-18-11-14-27(15-12-18)19-6-7-19;/h4-5,8-9,18-19H,6-7,10-16H2,1-3H3,(H2,23,24,25);1H. The van der Waals surface area contributed by atoms with Crippen LogP contribution in [-0.2, 0) is 11.2 Å². The van der Waals surface area contributed by atoms with E-state index >= 15 is 0 Å². The van der Waals surface area contributed by atoms with E-state index in [1.165, 1.54) is 18.4 Å². The molecule has 0 unspecified atom stereocenters. The zero-order chi connectivity index (χ0) is 20.6. The molecule has 168 valence electrons. The van der Waals surface area contributed by atoms with Gasteiger partial charge in [-0.15, -0.1) is 24.0 Å². The fourth-order valence-electron chi connectivity index (χ4n) is 3.60. The lowest BCUT2D eigenvalue weighted by molar-refractivity contribution is -0.127. The number of likely N-dealkylation sites (N-methyl/N-ethyl adjacent to an activating group) is 1. The minimum Gasteiger partial charge on any atom is -0.497 e. The first-order valence-corrected chi connectivity index (χ1v) is 10.7. The lowest BCUT2D eigenvalue weighted by Gasteiger charge is -2.33. The summed E-state index contributed by atoms with van der Waals surface area (Å²) in [5.41, 5.74) is 1.24. The van der Waals surface area contributed by atoms with E-state index in [2.05, 4.69) is 32.7 Å². The van der Waals surface area contributed by atoms with Crippen LogP contribution in [0.2, 0.25) is 0 Å². The van der Waals surface area contributed by atoms with Crippen molar-refractivity contribution in [2.24, 2.45) is 4.99 Å². The number of nitrogens with one attached hydrogen (secondary N) is 2. The van der Waals surface area contributed by atoms with Crippen molar-refractivity contribution in [3.8, 4) is 5.75 Å². The van der Waals surface area contributed by atoms with Gasteiger partial charge in [-0.25, -0.2) is 4.99 Å². The number of guanidine groups is 1. The van der Waals surface area contributed by atoms with Crippen LogP contribution < -0.4 is 15.4 Å². The lowest BCUT2D eigenvalue weighted by atomic mass is 10.1. The number of hydrogen-bond acceptors (Lipinski definition) is 4. The minimum absolute atomic E-state index is 0. The summed E-state index contributed by atoms with van der Waals surface area (Å²) in [6.07, 6.45) is 5.86. The Morgan fingerprint density at radius 3 is 2.40 bits per heavy atom. The van der Waals surface area contributed by atoms with Crippen molar-refractivity contribution >= 4 is 35.8 Å². The monoisotopic (exact) mass is 529 g/mol. The molecule has 8 heteroatoms. The number of benzene rings is 1. The van der Waals surface area contributed by atoms with Crippen LogP contribution in [0.5, 0.6) is 5.75 Å². The van der Waals surface area contributed by atoms with Crippen molar-refractivity contribution in [2.75, 3.05) is 47.4 Å². The number of amides is 1.